The predicted molar refractivity (Wildman–Crippen MR) is 69.7 cm³/mol. The lowest BCUT2D eigenvalue weighted by Gasteiger charge is -2.14. The van der Waals surface area contributed by atoms with Gasteiger partial charge in [-0.1, -0.05) is 24.9 Å². The molecule has 6 heteroatoms. The summed E-state index contributed by atoms with van der Waals surface area (Å²) in [4.78, 5) is 0. The molecule has 98 valence electrons. The summed E-state index contributed by atoms with van der Waals surface area (Å²) in [6.45, 7) is 3.99. The van der Waals surface area contributed by atoms with Gasteiger partial charge in [-0.15, -0.1) is 17.5 Å². The quantitative estimate of drug-likeness (QED) is 0.867. The van der Waals surface area contributed by atoms with Crippen LogP contribution in [0.1, 0.15) is 38.5 Å². The summed E-state index contributed by atoms with van der Waals surface area (Å²) in [6, 6.07) is 1.07. The minimum atomic E-state index is 0. The molecule has 0 bridgehead atoms. The van der Waals surface area contributed by atoms with Crippen LogP contribution < -0.4 is 10.6 Å². The molecular formula is C11H21ClN4O. The zero-order valence-electron chi connectivity index (χ0n) is 10.2. The van der Waals surface area contributed by atoms with E-state index in [1.807, 2.05) is 6.92 Å². The van der Waals surface area contributed by atoms with Crippen molar-refractivity contribution in [1.82, 2.24) is 15.5 Å². The van der Waals surface area contributed by atoms with Gasteiger partial charge in [0.25, 0.3) is 0 Å². The fraction of sp³-hybridized carbons (Fsp3) is 0.818. The second-order valence-electron chi connectivity index (χ2n) is 4.24. The summed E-state index contributed by atoms with van der Waals surface area (Å²) >= 11 is 0. The number of aryl methyl sites for hydroxylation is 1. The number of aromatic nitrogens is 2. The van der Waals surface area contributed by atoms with Crippen molar-refractivity contribution < 1.29 is 4.42 Å². The Balaban J connectivity index is 0.00000144. The van der Waals surface area contributed by atoms with Crippen LogP contribution in [0.2, 0.25) is 0 Å². The maximum Gasteiger partial charge on any atom is 0.315 e. The number of nitrogens with zero attached hydrogens (tertiary/aromatic N) is 2. The predicted octanol–water partition coefficient (Wildman–Crippen LogP) is 2.00. The summed E-state index contributed by atoms with van der Waals surface area (Å²) in [5.41, 5.74) is 0. The minimum absolute atomic E-state index is 0. The molecule has 0 aliphatic carbocycles. The van der Waals surface area contributed by atoms with Crippen LogP contribution in [-0.4, -0.2) is 29.3 Å². The van der Waals surface area contributed by atoms with Crippen molar-refractivity contribution in [3.63, 3.8) is 0 Å². The minimum Gasteiger partial charge on any atom is -0.408 e. The molecule has 5 nitrogen and oxygen atoms in total. The third-order valence-electron chi connectivity index (χ3n) is 2.93. The molecule has 1 atom stereocenters. The lowest BCUT2D eigenvalue weighted by Crippen LogP contribution is -2.34. The van der Waals surface area contributed by atoms with Crippen molar-refractivity contribution in [2.45, 2.75) is 45.1 Å². The lowest BCUT2D eigenvalue weighted by molar-refractivity contribution is 0.492. The molecule has 2 rings (SSSR count). The highest BCUT2D eigenvalue weighted by Crippen LogP contribution is 2.10. The number of anilines is 1. The third-order valence-corrected chi connectivity index (χ3v) is 2.93. The Hall–Kier alpha value is -0.810. The molecule has 1 fully saturated rings. The molecule has 2 N–H and O–H groups in total. The van der Waals surface area contributed by atoms with Gasteiger partial charge in [0.05, 0.1) is 0 Å². The monoisotopic (exact) mass is 260 g/mol. The first-order chi connectivity index (χ1) is 7.88. The van der Waals surface area contributed by atoms with Crippen molar-refractivity contribution in [1.29, 1.82) is 0 Å². The normalized spacial score (nSPS) is 20.4. The van der Waals surface area contributed by atoms with Crippen LogP contribution in [0.25, 0.3) is 0 Å². The molecule has 1 aliphatic rings. The average molecular weight is 261 g/mol. The van der Waals surface area contributed by atoms with Crippen LogP contribution in [0.5, 0.6) is 0 Å². The maximum absolute atomic E-state index is 5.39. The fourth-order valence-electron chi connectivity index (χ4n) is 1.95. The van der Waals surface area contributed by atoms with E-state index in [0.717, 1.165) is 19.5 Å². The second kappa shape index (κ2) is 7.50. The first kappa shape index (κ1) is 14.3. The van der Waals surface area contributed by atoms with E-state index in [9.17, 15) is 0 Å². The van der Waals surface area contributed by atoms with Gasteiger partial charge in [-0.25, -0.2) is 0 Å². The largest absolute Gasteiger partial charge is 0.408 e. The van der Waals surface area contributed by atoms with Crippen LogP contribution in [0.4, 0.5) is 6.01 Å². The topological polar surface area (TPSA) is 63.0 Å². The molecule has 0 radical (unpaired) electrons. The zero-order valence-corrected chi connectivity index (χ0v) is 11.1. The van der Waals surface area contributed by atoms with Crippen molar-refractivity contribution in [2.24, 2.45) is 0 Å². The van der Waals surface area contributed by atoms with Gasteiger partial charge in [-0.05, 0) is 19.4 Å². The van der Waals surface area contributed by atoms with Gasteiger partial charge in [-0.3, -0.25) is 0 Å². The lowest BCUT2D eigenvalue weighted by atomic mass is 10.1. The fourth-order valence-corrected chi connectivity index (χ4v) is 1.95. The Labute approximate surface area is 108 Å². The van der Waals surface area contributed by atoms with Crippen LogP contribution in [0, 0.1) is 0 Å². The Morgan fingerprint density at radius 3 is 3.00 bits per heavy atom. The van der Waals surface area contributed by atoms with E-state index in [1.165, 1.54) is 25.7 Å². The van der Waals surface area contributed by atoms with Crippen LogP contribution in [0.3, 0.4) is 0 Å². The van der Waals surface area contributed by atoms with Gasteiger partial charge < -0.3 is 15.1 Å². The third kappa shape index (κ3) is 4.52. The molecule has 1 unspecified atom stereocenters. The molecule has 0 amide bonds. The van der Waals surface area contributed by atoms with Crippen molar-refractivity contribution >= 4 is 18.4 Å². The van der Waals surface area contributed by atoms with Crippen LogP contribution in [-0.2, 0) is 6.42 Å². The van der Waals surface area contributed by atoms with Crippen LogP contribution in [0.15, 0.2) is 4.42 Å². The van der Waals surface area contributed by atoms with Crippen molar-refractivity contribution in [3.05, 3.63) is 5.89 Å². The number of rotatable bonds is 4. The summed E-state index contributed by atoms with van der Waals surface area (Å²) in [5, 5.41) is 14.6. The summed E-state index contributed by atoms with van der Waals surface area (Å²) in [7, 11) is 0. The van der Waals surface area contributed by atoms with Gasteiger partial charge in [0.15, 0.2) is 0 Å². The van der Waals surface area contributed by atoms with Crippen molar-refractivity contribution in [2.75, 3.05) is 18.4 Å². The Kier molecular flexibility index (Phi) is 6.29. The number of hydrogen-bond donors (Lipinski definition) is 2. The highest BCUT2D eigenvalue weighted by Gasteiger charge is 2.12. The average Bonchev–Trinajstić information content (AvgIpc) is 2.61. The van der Waals surface area contributed by atoms with E-state index in [-0.39, 0.29) is 12.4 Å². The molecule has 17 heavy (non-hydrogen) atoms. The maximum atomic E-state index is 5.39. The Bertz CT molecular complexity index is 310. The van der Waals surface area contributed by atoms with Gasteiger partial charge in [0.2, 0.25) is 5.89 Å². The number of hydrogen-bond acceptors (Lipinski definition) is 5. The van der Waals surface area contributed by atoms with E-state index >= 15 is 0 Å². The van der Waals surface area contributed by atoms with Gasteiger partial charge in [0, 0.05) is 19.0 Å². The summed E-state index contributed by atoms with van der Waals surface area (Å²) in [5.74, 6) is 0.691. The van der Waals surface area contributed by atoms with Crippen molar-refractivity contribution in [3.8, 4) is 0 Å². The number of halogens is 1. The molecule has 1 aliphatic heterocycles. The molecule has 0 aromatic carbocycles. The van der Waals surface area contributed by atoms with E-state index in [0.29, 0.717) is 17.9 Å². The molecule has 1 aromatic heterocycles. The first-order valence-corrected chi connectivity index (χ1v) is 6.18. The Morgan fingerprint density at radius 2 is 2.24 bits per heavy atom. The Morgan fingerprint density at radius 1 is 1.35 bits per heavy atom. The summed E-state index contributed by atoms with van der Waals surface area (Å²) < 4.78 is 5.39. The first-order valence-electron chi connectivity index (χ1n) is 6.18. The smallest absolute Gasteiger partial charge is 0.315 e. The molecule has 0 spiro atoms. The highest BCUT2D eigenvalue weighted by atomic mass is 35.5. The van der Waals surface area contributed by atoms with Gasteiger partial charge >= 0.3 is 6.01 Å². The van der Waals surface area contributed by atoms with E-state index < -0.39 is 0 Å². The molecule has 0 saturated carbocycles. The molecule has 1 saturated heterocycles. The zero-order chi connectivity index (χ0) is 11.2. The number of nitrogens with one attached hydrogen (secondary N) is 2. The van der Waals surface area contributed by atoms with Gasteiger partial charge in [0.1, 0.15) is 0 Å². The van der Waals surface area contributed by atoms with E-state index in [4.69, 9.17) is 4.42 Å². The molecule has 2 heterocycles. The molecular weight excluding hydrogens is 240 g/mol. The second-order valence-corrected chi connectivity index (χ2v) is 4.24. The SMILES string of the molecule is CCc1nnc(NCC2CCCCCN2)o1.Cl. The highest BCUT2D eigenvalue weighted by molar-refractivity contribution is 5.85. The van der Waals surface area contributed by atoms with E-state index in [1.54, 1.807) is 0 Å². The van der Waals surface area contributed by atoms with Crippen LogP contribution >= 0.6 is 12.4 Å². The van der Waals surface area contributed by atoms with E-state index in [2.05, 4.69) is 20.8 Å². The molecule has 1 aromatic rings. The summed E-state index contributed by atoms with van der Waals surface area (Å²) in [6.07, 6.45) is 5.95. The standard InChI is InChI=1S/C11H20N4O.ClH/c1-2-10-14-15-11(16-10)13-8-9-6-4-3-5-7-12-9;/h9,12H,2-8H2,1H3,(H,13,15);1H. The van der Waals surface area contributed by atoms with Gasteiger partial charge in [-0.2, -0.15) is 0 Å².